The Hall–Kier alpha value is -4.21. The van der Waals surface area contributed by atoms with Gasteiger partial charge in [-0.05, 0) is 42.5 Å². The normalized spacial score (nSPS) is 9.94. The molecule has 0 aliphatic rings. The molecule has 0 spiro atoms. The topological polar surface area (TPSA) is 183 Å². The van der Waals surface area contributed by atoms with Crippen LogP contribution in [0.3, 0.4) is 0 Å². The Labute approximate surface area is 187 Å². The summed E-state index contributed by atoms with van der Waals surface area (Å²) in [6.45, 7) is 0.978. The van der Waals surface area contributed by atoms with Crippen LogP contribution in [0.25, 0.3) is 0 Å². The quantitative estimate of drug-likeness (QED) is 0.224. The predicted molar refractivity (Wildman–Crippen MR) is 131 cm³/mol. The number of hydrogen-bond acceptors (Lipinski definition) is 10. The molecular weight excluding hydrogens is 410 g/mol. The van der Waals surface area contributed by atoms with Crippen LogP contribution in [0.5, 0.6) is 17.4 Å². The Kier molecular flexibility index (Phi) is 8.91. The molecule has 172 valence electrons. The van der Waals surface area contributed by atoms with E-state index >= 15 is 0 Å². The molecule has 3 rings (SSSR count). The summed E-state index contributed by atoms with van der Waals surface area (Å²) < 4.78 is 16.0. The molecule has 0 fully saturated rings. The van der Waals surface area contributed by atoms with E-state index in [-0.39, 0.29) is 0 Å². The number of hydrogen-bond donors (Lipinski definition) is 6. The molecule has 0 saturated carbocycles. The van der Waals surface area contributed by atoms with E-state index in [1.54, 1.807) is 62.7 Å². The molecule has 1 aromatic heterocycles. The van der Waals surface area contributed by atoms with E-state index in [4.69, 9.17) is 42.9 Å². The van der Waals surface area contributed by atoms with Crippen molar-refractivity contribution >= 4 is 34.3 Å². The minimum atomic E-state index is 0.489. The first-order valence-electron chi connectivity index (χ1n) is 9.88. The number of methoxy groups -OCH3 is 1. The second-order valence-corrected chi connectivity index (χ2v) is 6.69. The Morgan fingerprint density at radius 2 is 1.28 bits per heavy atom. The first kappa shape index (κ1) is 24.1. The summed E-state index contributed by atoms with van der Waals surface area (Å²) in [5.74, 6) is 2.44. The van der Waals surface area contributed by atoms with Crippen LogP contribution in [0.15, 0.2) is 48.5 Å². The lowest BCUT2D eigenvalue weighted by Crippen LogP contribution is -2.07. The van der Waals surface area contributed by atoms with Crippen LogP contribution in [0, 0.1) is 0 Å². The summed E-state index contributed by atoms with van der Waals surface area (Å²) >= 11 is 0. The lowest BCUT2D eigenvalue weighted by Gasteiger charge is -2.11. The van der Waals surface area contributed by atoms with Crippen molar-refractivity contribution in [3.05, 3.63) is 48.5 Å². The van der Waals surface area contributed by atoms with Crippen LogP contribution in [0.2, 0.25) is 0 Å². The monoisotopic (exact) mass is 441 g/mol. The van der Waals surface area contributed by atoms with E-state index in [0.29, 0.717) is 71.3 Å². The number of aromatic nitrogens is 1. The van der Waals surface area contributed by atoms with Crippen LogP contribution < -0.4 is 48.2 Å². The smallest absolute Gasteiger partial charge is 0.215 e. The fourth-order valence-electron chi connectivity index (χ4n) is 2.59. The molecule has 0 bridgehead atoms. The molecule has 0 aliphatic heterocycles. The van der Waals surface area contributed by atoms with Gasteiger partial charge in [-0.25, -0.2) is 0 Å². The molecule has 1 heterocycles. The fourth-order valence-corrected chi connectivity index (χ4v) is 2.59. The number of ether oxygens (including phenoxy) is 3. The zero-order valence-corrected chi connectivity index (χ0v) is 18.3. The van der Waals surface area contributed by atoms with Crippen molar-refractivity contribution < 1.29 is 14.2 Å². The van der Waals surface area contributed by atoms with Crippen LogP contribution in [-0.2, 0) is 0 Å². The maximum absolute atomic E-state index is 5.80. The molecule has 11 N–H and O–H groups in total. The number of benzene rings is 2. The van der Waals surface area contributed by atoms with Crippen LogP contribution in [0.4, 0.5) is 34.3 Å². The molecule has 0 atom stereocenters. The SMILES string of the molecule is CNc1nc(OC)ccc1N.Nc1ccc(OCCCOc2ccc(N)cc2N)c(N)c1. The van der Waals surface area contributed by atoms with Crippen molar-refractivity contribution in [2.75, 3.05) is 61.4 Å². The van der Waals surface area contributed by atoms with Gasteiger partial charge in [-0.2, -0.15) is 4.98 Å². The fraction of sp³-hybridized carbons (Fsp3) is 0.227. The molecule has 0 saturated heterocycles. The number of nitrogens with zero attached hydrogens (tertiary/aromatic N) is 1. The molecule has 0 amide bonds. The van der Waals surface area contributed by atoms with Gasteiger partial charge in [0, 0.05) is 30.9 Å². The van der Waals surface area contributed by atoms with E-state index in [2.05, 4.69) is 10.3 Å². The van der Waals surface area contributed by atoms with Crippen molar-refractivity contribution in [3.63, 3.8) is 0 Å². The zero-order chi connectivity index (χ0) is 23.5. The standard InChI is InChI=1S/C15H20N4O2.C7H11N3O/c16-10-2-4-14(12(18)8-10)20-6-1-7-21-15-5-3-11(17)9-13(15)19;1-9-7-5(8)3-4-6(10-7)11-2/h2-5,8-9H,1,6-7,16-19H2;3-4H,8H2,1-2H3,(H,9,10). The van der Waals surface area contributed by atoms with Gasteiger partial charge in [0.05, 0.1) is 37.4 Å². The highest BCUT2D eigenvalue weighted by atomic mass is 16.5. The van der Waals surface area contributed by atoms with Gasteiger partial charge in [-0.3, -0.25) is 0 Å². The first-order chi connectivity index (χ1) is 15.3. The number of nitrogens with two attached hydrogens (primary N) is 5. The van der Waals surface area contributed by atoms with Gasteiger partial charge in [0.1, 0.15) is 11.5 Å². The van der Waals surface area contributed by atoms with E-state index in [1.165, 1.54) is 0 Å². The minimum Gasteiger partial charge on any atom is -0.491 e. The van der Waals surface area contributed by atoms with Gasteiger partial charge in [0.25, 0.3) is 0 Å². The molecule has 0 aliphatic carbocycles. The van der Waals surface area contributed by atoms with Gasteiger partial charge >= 0.3 is 0 Å². The van der Waals surface area contributed by atoms with Gasteiger partial charge in [0.2, 0.25) is 5.88 Å². The highest BCUT2D eigenvalue weighted by molar-refractivity contribution is 5.62. The third-order valence-corrected chi connectivity index (χ3v) is 4.22. The lowest BCUT2D eigenvalue weighted by molar-refractivity contribution is 0.249. The van der Waals surface area contributed by atoms with Crippen LogP contribution in [-0.4, -0.2) is 32.4 Å². The second kappa shape index (κ2) is 11.8. The number of rotatable bonds is 8. The lowest BCUT2D eigenvalue weighted by atomic mass is 10.2. The molecular formula is C22H31N7O3. The van der Waals surface area contributed by atoms with E-state index < -0.39 is 0 Å². The largest absolute Gasteiger partial charge is 0.491 e. The van der Waals surface area contributed by atoms with E-state index in [9.17, 15) is 0 Å². The summed E-state index contributed by atoms with van der Waals surface area (Å²) in [4.78, 5) is 4.05. The summed E-state index contributed by atoms with van der Waals surface area (Å²) in [6, 6.07) is 13.8. The highest BCUT2D eigenvalue weighted by Gasteiger charge is 2.03. The summed E-state index contributed by atoms with van der Waals surface area (Å²) in [5.41, 5.74) is 31.3. The number of nitrogens with one attached hydrogen (secondary N) is 1. The molecule has 10 heteroatoms. The Morgan fingerprint density at radius 3 is 1.72 bits per heavy atom. The van der Waals surface area contributed by atoms with E-state index in [0.717, 1.165) is 0 Å². The average molecular weight is 442 g/mol. The Morgan fingerprint density at radius 1 is 0.750 bits per heavy atom. The average Bonchev–Trinajstić information content (AvgIpc) is 2.77. The Bertz CT molecular complexity index is 961. The summed E-state index contributed by atoms with van der Waals surface area (Å²) in [6.07, 6.45) is 0.702. The first-order valence-corrected chi connectivity index (χ1v) is 9.88. The van der Waals surface area contributed by atoms with Crippen LogP contribution in [0.1, 0.15) is 6.42 Å². The summed E-state index contributed by atoms with van der Waals surface area (Å²) in [5, 5.41) is 2.85. The van der Waals surface area contributed by atoms with Crippen molar-refractivity contribution in [1.29, 1.82) is 0 Å². The molecule has 0 radical (unpaired) electrons. The Balaban J connectivity index is 0.000000278. The maximum atomic E-state index is 5.80. The highest BCUT2D eigenvalue weighted by Crippen LogP contribution is 2.25. The van der Waals surface area contributed by atoms with Gasteiger partial charge in [-0.1, -0.05) is 0 Å². The number of nitrogen functional groups attached to an aromatic ring is 5. The van der Waals surface area contributed by atoms with Crippen LogP contribution >= 0.6 is 0 Å². The molecule has 10 nitrogen and oxygen atoms in total. The maximum Gasteiger partial charge on any atom is 0.215 e. The van der Waals surface area contributed by atoms with Crippen molar-refractivity contribution in [3.8, 4) is 17.4 Å². The second-order valence-electron chi connectivity index (χ2n) is 6.69. The third kappa shape index (κ3) is 7.24. The molecule has 2 aromatic carbocycles. The van der Waals surface area contributed by atoms with Gasteiger partial charge in [-0.15, -0.1) is 0 Å². The minimum absolute atomic E-state index is 0.489. The predicted octanol–water partition coefficient (Wildman–Crippen LogP) is 2.58. The number of pyridine rings is 1. The third-order valence-electron chi connectivity index (χ3n) is 4.22. The van der Waals surface area contributed by atoms with Crippen molar-refractivity contribution in [2.24, 2.45) is 0 Å². The van der Waals surface area contributed by atoms with Crippen molar-refractivity contribution in [1.82, 2.24) is 4.98 Å². The molecule has 0 unspecified atom stereocenters. The summed E-state index contributed by atoms with van der Waals surface area (Å²) in [7, 11) is 3.33. The van der Waals surface area contributed by atoms with Crippen molar-refractivity contribution in [2.45, 2.75) is 6.42 Å². The zero-order valence-electron chi connectivity index (χ0n) is 18.3. The molecule has 32 heavy (non-hydrogen) atoms. The van der Waals surface area contributed by atoms with Gasteiger partial charge < -0.3 is 48.2 Å². The number of anilines is 6. The van der Waals surface area contributed by atoms with Gasteiger partial charge in [0.15, 0.2) is 5.82 Å². The molecule has 3 aromatic rings. The van der Waals surface area contributed by atoms with E-state index in [1.807, 2.05) is 0 Å².